The van der Waals surface area contributed by atoms with Crippen molar-refractivity contribution in [2.45, 2.75) is 56.6 Å². The Hall–Kier alpha value is -1.05. The second-order valence-corrected chi connectivity index (χ2v) is 12.8. The maximum absolute atomic E-state index is 13.4. The number of benzene rings is 2. The number of amides is 1. The van der Waals surface area contributed by atoms with Crippen molar-refractivity contribution in [2.24, 2.45) is 0 Å². The molecule has 2 aromatic rings. The number of hydrogen-bond acceptors (Lipinski definition) is 4. The molecule has 0 radical (unpaired) electrons. The molecule has 212 valence electrons. The maximum atomic E-state index is 13.4. The molecule has 2 saturated heterocycles. The van der Waals surface area contributed by atoms with E-state index in [1.54, 1.807) is 18.2 Å². The van der Waals surface area contributed by atoms with E-state index in [4.69, 9.17) is 51.1 Å². The van der Waals surface area contributed by atoms with Crippen LogP contribution in [0.4, 0.5) is 0 Å². The lowest BCUT2D eigenvalue weighted by atomic mass is 9.87. The van der Waals surface area contributed by atoms with Crippen LogP contribution in [0.15, 0.2) is 36.4 Å². The van der Waals surface area contributed by atoms with Gasteiger partial charge in [0.1, 0.15) is 5.60 Å². The number of rotatable bonds is 7. The summed E-state index contributed by atoms with van der Waals surface area (Å²) in [6, 6.07) is 11.7. The zero-order valence-electron chi connectivity index (χ0n) is 22.3. The highest BCUT2D eigenvalue weighted by atomic mass is 35.5. The van der Waals surface area contributed by atoms with Crippen LogP contribution in [0, 0.1) is 0 Å². The van der Waals surface area contributed by atoms with Gasteiger partial charge < -0.3 is 14.5 Å². The Labute approximate surface area is 252 Å². The summed E-state index contributed by atoms with van der Waals surface area (Å²) in [7, 11) is 0. The molecular weight excluding hydrogens is 576 g/mol. The van der Waals surface area contributed by atoms with Crippen LogP contribution in [0.25, 0.3) is 0 Å². The molecule has 0 aromatic heterocycles. The number of carbonyl (C=O) groups excluding carboxylic acids is 1. The van der Waals surface area contributed by atoms with E-state index in [-0.39, 0.29) is 12.3 Å². The second kappa shape index (κ2) is 13.3. The van der Waals surface area contributed by atoms with Crippen molar-refractivity contribution in [3.8, 4) is 0 Å². The van der Waals surface area contributed by atoms with Gasteiger partial charge in [-0.25, -0.2) is 0 Å². The third kappa shape index (κ3) is 7.43. The van der Waals surface area contributed by atoms with Gasteiger partial charge in [0.15, 0.2) is 0 Å². The Bertz CT molecular complexity index is 1130. The zero-order valence-corrected chi connectivity index (χ0v) is 25.3. The van der Waals surface area contributed by atoms with Crippen LogP contribution in [0.1, 0.15) is 49.7 Å². The number of morpholine rings is 1. The second-order valence-electron chi connectivity index (χ2n) is 11.2. The maximum Gasteiger partial charge on any atom is 0.227 e. The van der Waals surface area contributed by atoms with Gasteiger partial charge in [-0.15, -0.1) is 0 Å². The van der Waals surface area contributed by atoms with Crippen molar-refractivity contribution in [1.29, 1.82) is 0 Å². The molecular formula is C30H37Cl4N3O2. The normalized spacial score (nSPS) is 23.7. The van der Waals surface area contributed by atoms with Crippen LogP contribution in [0.5, 0.6) is 0 Å². The molecule has 5 rings (SSSR count). The lowest BCUT2D eigenvalue weighted by Crippen LogP contribution is -2.55. The number of hydrogen-bond donors (Lipinski definition) is 0. The molecule has 0 bridgehead atoms. The van der Waals surface area contributed by atoms with Crippen molar-refractivity contribution < 1.29 is 9.53 Å². The first-order chi connectivity index (χ1) is 18.8. The predicted octanol–water partition coefficient (Wildman–Crippen LogP) is 6.94. The van der Waals surface area contributed by atoms with Crippen LogP contribution >= 0.6 is 46.4 Å². The molecule has 1 saturated carbocycles. The monoisotopic (exact) mass is 611 g/mol. The SMILES string of the molecule is O=C(Cc1cc(Cl)cc(Cl)c1)N1CCOC(CCN2CCN(C3CCCCC3)CC2)(c2ccc(Cl)c(Cl)c2)C1. The number of halogens is 4. The Morgan fingerprint density at radius 2 is 1.59 bits per heavy atom. The summed E-state index contributed by atoms with van der Waals surface area (Å²) in [5, 5.41) is 2.06. The Morgan fingerprint density at radius 3 is 2.28 bits per heavy atom. The molecule has 1 unspecified atom stereocenters. The average molecular weight is 613 g/mol. The quantitative estimate of drug-likeness (QED) is 0.339. The molecule has 1 atom stereocenters. The Balaban J connectivity index is 1.28. The highest BCUT2D eigenvalue weighted by Gasteiger charge is 2.41. The molecule has 39 heavy (non-hydrogen) atoms. The number of nitrogens with zero attached hydrogens (tertiary/aromatic N) is 3. The molecule has 2 heterocycles. The zero-order chi connectivity index (χ0) is 27.4. The van der Waals surface area contributed by atoms with E-state index in [0.29, 0.717) is 39.8 Å². The molecule has 5 nitrogen and oxygen atoms in total. The third-order valence-electron chi connectivity index (χ3n) is 8.59. The van der Waals surface area contributed by atoms with Gasteiger partial charge in [-0.2, -0.15) is 0 Å². The van der Waals surface area contributed by atoms with Crippen LogP contribution < -0.4 is 0 Å². The van der Waals surface area contributed by atoms with Gasteiger partial charge in [-0.3, -0.25) is 9.69 Å². The fraction of sp³-hybridized carbons (Fsp3) is 0.567. The molecule has 9 heteroatoms. The molecule has 0 spiro atoms. The van der Waals surface area contributed by atoms with Crippen molar-refractivity contribution in [1.82, 2.24) is 14.7 Å². The Kier molecular flexibility index (Phi) is 10.0. The minimum atomic E-state index is -0.658. The summed E-state index contributed by atoms with van der Waals surface area (Å²) in [6.07, 6.45) is 7.82. The fourth-order valence-corrected chi connectivity index (χ4v) is 7.25. The molecule has 0 N–H and O–H groups in total. The van der Waals surface area contributed by atoms with E-state index in [0.717, 1.165) is 56.3 Å². The van der Waals surface area contributed by atoms with E-state index in [1.165, 1.54) is 32.1 Å². The third-order valence-corrected chi connectivity index (χ3v) is 9.77. The fourth-order valence-electron chi connectivity index (χ4n) is 6.38. The van der Waals surface area contributed by atoms with Gasteiger partial charge in [-0.05, 0) is 60.7 Å². The summed E-state index contributed by atoms with van der Waals surface area (Å²) in [5.74, 6) is 0.0298. The predicted molar refractivity (Wildman–Crippen MR) is 160 cm³/mol. The summed E-state index contributed by atoms with van der Waals surface area (Å²) in [4.78, 5) is 20.6. The largest absolute Gasteiger partial charge is 0.367 e. The van der Waals surface area contributed by atoms with Gasteiger partial charge in [0.05, 0.1) is 29.6 Å². The molecule has 2 aromatic carbocycles. The van der Waals surface area contributed by atoms with E-state index in [9.17, 15) is 4.79 Å². The van der Waals surface area contributed by atoms with Crippen LogP contribution in [-0.2, 0) is 21.6 Å². The minimum Gasteiger partial charge on any atom is -0.367 e. The van der Waals surface area contributed by atoms with Gasteiger partial charge >= 0.3 is 0 Å². The summed E-state index contributed by atoms with van der Waals surface area (Å²) in [6.45, 7) is 6.72. The van der Waals surface area contributed by atoms with Crippen molar-refractivity contribution in [3.05, 3.63) is 67.6 Å². The summed E-state index contributed by atoms with van der Waals surface area (Å²) < 4.78 is 6.55. The minimum absolute atomic E-state index is 0.0298. The molecule has 2 aliphatic heterocycles. The topological polar surface area (TPSA) is 36.0 Å². The van der Waals surface area contributed by atoms with Gasteiger partial charge in [0.2, 0.25) is 5.91 Å². The van der Waals surface area contributed by atoms with E-state index in [1.807, 2.05) is 23.1 Å². The average Bonchev–Trinajstić information content (AvgIpc) is 2.94. The number of ether oxygens (including phenoxy) is 1. The summed E-state index contributed by atoms with van der Waals surface area (Å²) >= 11 is 25.1. The van der Waals surface area contributed by atoms with E-state index >= 15 is 0 Å². The van der Waals surface area contributed by atoms with Crippen molar-refractivity contribution >= 4 is 52.3 Å². The highest BCUT2D eigenvalue weighted by molar-refractivity contribution is 6.42. The van der Waals surface area contributed by atoms with Crippen LogP contribution in [-0.4, -0.2) is 79.1 Å². The number of carbonyl (C=O) groups is 1. The first kappa shape index (κ1) is 29.4. The molecule has 3 fully saturated rings. The van der Waals surface area contributed by atoms with Crippen LogP contribution in [0.3, 0.4) is 0 Å². The molecule has 1 aliphatic carbocycles. The van der Waals surface area contributed by atoms with E-state index < -0.39 is 5.60 Å². The first-order valence-corrected chi connectivity index (χ1v) is 15.6. The van der Waals surface area contributed by atoms with Crippen molar-refractivity contribution in [3.63, 3.8) is 0 Å². The van der Waals surface area contributed by atoms with Gasteiger partial charge in [-0.1, -0.05) is 71.7 Å². The molecule has 1 amide bonds. The molecule has 3 aliphatic rings. The van der Waals surface area contributed by atoms with E-state index in [2.05, 4.69) is 9.80 Å². The lowest BCUT2D eigenvalue weighted by molar-refractivity contribution is -0.154. The van der Waals surface area contributed by atoms with Crippen LogP contribution in [0.2, 0.25) is 20.1 Å². The standard InChI is InChI=1S/C30H37Cl4N3O2/c31-24-16-22(17-25(32)20-24)18-29(38)37-14-15-39-30(21-37,23-6-7-27(33)28(34)19-23)8-9-35-10-12-36(13-11-35)26-4-2-1-3-5-26/h6-7,16-17,19-20,26H,1-5,8-15,18,21H2. The smallest absolute Gasteiger partial charge is 0.227 e. The number of piperazine rings is 1. The summed E-state index contributed by atoms with van der Waals surface area (Å²) in [5.41, 5.74) is 1.11. The van der Waals surface area contributed by atoms with Gasteiger partial charge in [0.25, 0.3) is 0 Å². The van der Waals surface area contributed by atoms with Gasteiger partial charge in [0, 0.05) is 55.4 Å². The first-order valence-electron chi connectivity index (χ1n) is 14.1. The highest BCUT2D eigenvalue weighted by Crippen LogP contribution is 2.37. The lowest BCUT2D eigenvalue weighted by Gasteiger charge is -2.45. The Morgan fingerprint density at radius 1 is 0.872 bits per heavy atom. The van der Waals surface area contributed by atoms with Crippen molar-refractivity contribution in [2.75, 3.05) is 52.4 Å².